The van der Waals surface area contributed by atoms with Crippen LogP contribution >= 0.6 is 24.0 Å². The van der Waals surface area contributed by atoms with Crippen LogP contribution in [0.4, 0.5) is 8.78 Å². The second-order valence-corrected chi connectivity index (χ2v) is 6.57. The van der Waals surface area contributed by atoms with E-state index in [1.54, 1.807) is 21.2 Å². The predicted octanol–water partition coefficient (Wildman–Crippen LogP) is 2.96. The van der Waals surface area contributed by atoms with Crippen molar-refractivity contribution in [3.05, 3.63) is 65.2 Å². The van der Waals surface area contributed by atoms with Crippen LogP contribution in [0.5, 0.6) is 5.75 Å². The normalized spacial score (nSPS) is 10.8. The van der Waals surface area contributed by atoms with Gasteiger partial charge in [0, 0.05) is 26.2 Å². The molecule has 2 aromatic carbocycles. The van der Waals surface area contributed by atoms with Crippen LogP contribution in [0.1, 0.15) is 11.1 Å². The molecular formula is C21H27F2IN4O2. The van der Waals surface area contributed by atoms with E-state index in [4.69, 9.17) is 4.74 Å². The second-order valence-electron chi connectivity index (χ2n) is 6.57. The third-order valence-corrected chi connectivity index (χ3v) is 4.19. The molecule has 0 aliphatic rings. The highest BCUT2D eigenvalue weighted by molar-refractivity contribution is 14.0. The van der Waals surface area contributed by atoms with Crippen LogP contribution in [0.25, 0.3) is 0 Å². The smallest absolute Gasteiger partial charge is 0.241 e. The highest BCUT2D eigenvalue weighted by atomic mass is 127. The summed E-state index contributed by atoms with van der Waals surface area (Å²) in [7, 11) is 4.92. The van der Waals surface area contributed by atoms with Crippen molar-refractivity contribution in [1.29, 1.82) is 0 Å². The molecule has 0 spiro atoms. The average molecular weight is 532 g/mol. The second kappa shape index (κ2) is 13.0. The van der Waals surface area contributed by atoms with Gasteiger partial charge in [0.15, 0.2) is 5.96 Å². The lowest BCUT2D eigenvalue weighted by molar-refractivity contribution is -0.127. The van der Waals surface area contributed by atoms with Crippen molar-refractivity contribution in [2.45, 2.75) is 13.0 Å². The Bertz CT molecular complexity index is 845. The highest BCUT2D eigenvalue weighted by Gasteiger charge is 2.08. The molecule has 0 fully saturated rings. The van der Waals surface area contributed by atoms with Crippen LogP contribution in [-0.4, -0.2) is 51.1 Å². The minimum atomic E-state index is -0.530. The fourth-order valence-corrected chi connectivity index (χ4v) is 2.44. The Morgan fingerprint density at radius 3 is 2.43 bits per heavy atom. The van der Waals surface area contributed by atoms with Crippen molar-refractivity contribution in [2.24, 2.45) is 4.99 Å². The maximum absolute atomic E-state index is 13.8. The number of aliphatic imine (C=N–C) groups is 1. The summed E-state index contributed by atoms with van der Waals surface area (Å²) in [6.45, 7) is 0.518. The number of likely N-dealkylation sites (N-methyl/N-ethyl adjacent to an activating group) is 1. The molecule has 0 aliphatic heterocycles. The Hall–Kier alpha value is -2.43. The SMILES string of the molecule is COc1ccc(CCNC(=NCc2cc(F)ccc2F)NCC(=O)N(C)C)cc1.I. The van der Waals surface area contributed by atoms with Crippen LogP contribution in [0.15, 0.2) is 47.5 Å². The fraction of sp³-hybridized carbons (Fsp3) is 0.333. The maximum atomic E-state index is 13.8. The van der Waals surface area contributed by atoms with Crippen LogP contribution in [-0.2, 0) is 17.8 Å². The Kier molecular flexibility index (Phi) is 11.1. The Morgan fingerprint density at radius 1 is 1.10 bits per heavy atom. The molecule has 30 heavy (non-hydrogen) atoms. The summed E-state index contributed by atoms with van der Waals surface area (Å²) < 4.78 is 32.3. The Morgan fingerprint density at radius 2 is 1.80 bits per heavy atom. The summed E-state index contributed by atoms with van der Waals surface area (Å²) in [6, 6.07) is 10.9. The van der Waals surface area contributed by atoms with Crippen LogP contribution in [0.2, 0.25) is 0 Å². The van der Waals surface area contributed by atoms with E-state index in [2.05, 4.69) is 15.6 Å². The number of carbonyl (C=O) groups is 1. The molecule has 0 bridgehead atoms. The van der Waals surface area contributed by atoms with E-state index < -0.39 is 11.6 Å². The lowest BCUT2D eigenvalue weighted by atomic mass is 10.1. The summed E-state index contributed by atoms with van der Waals surface area (Å²) >= 11 is 0. The van der Waals surface area contributed by atoms with Gasteiger partial charge in [-0.05, 0) is 42.3 Å². The predicted molar refractivity (Wildman–Crippen MR) is 124 cm³/mol. The molecule has 1 amide bonds. The van der Waals surface area contributed by atoms with E-state index >= 15 is 0 Å². The van der Waals surface area contributed by atoms with Gasteiger partial charge in [-0.1, -0.05) is 12.1 Å². The molecule has 0 saturated carbocycles. The van der Waals surface area contributed by atoms with Gasteiger partial charge in [0.25, 0.3) is 0 Å². The van der Waals surface area contributed by atoms with Crippen LogP contribution in [0.3, 0.4) is 0 Å². The number of nitrogens with one attached hydrogen (secondary N) is 2. The van der Waals surface area contributed by atoms with Gasteiger partial charge >= 0.3 is 0 Å². The van der Waals surface area contributed by atoms with Crippen molar-refractivity contribution in [3.63, 3.8) is 0 Å². The molecule has 0 unspecified atom stereocenters. The molecule has 0 aromatic heterocycles. The Labute approximate surface area is 192 Å². The van der Waals surface area contributed by atoms with Crippen molar-refractivity contribution < 1.29 is 18.3 Å². The van der Waals surface area contributed by atoms with Gasteiger partial charge in [-0.2, -0.15) is 0 Å². The first-order valence-corrected chi connectivity index (χ1v) is 9.18. The van der Waals surface area contributed by atoms with Crippen LogP contribution in [0, 0.1) is 11.6 Å². The third kappa shape index (κ3) is 8.52. The van der Waals surface area contributed by atoms with Crippen molar-refractivity contribution in [3.8, 4) is 5.75 Å². The van der Waals surface area contributed by atoms with Gasteiger partial charge < -0.3 is 20.3 Å². The number of amides is 1. The molecule has 9 heteroatoms. The molecule has 0 saturated heterocycles. The largest absolute Gasteiger partial charge is 0.497 e. The quantitative estimate of drug-likeness (QED) is 0.312. The topological polar surface area (TPSA) is 66.0 Å². The first-order chi connectivity index (χ1) is 13.9. The lowest BCUT2D eigenvalue weighted by Gasteiger charge is -2.15. The van der Waals surface area contributed by atoms with Gasteiger partial charge in [-0.15, -0.1) is 24.0 Å². The van der Waals surface area contributed by atoms with E-state index in [1.807, 2.05) is 24.3 Å². The number of carbonyl (C=O) groups excluding carboxylic acids is 1. The molecule has 0 heterocycles. The first kappa shape index (κ1) is 25.6. The molecule has 0 radical (unpaired) electrons. The molecule has 2 N–H and O–H groups in total. The number of ether oxygens (including phenoxy) is 1. The van der Waals surface area contributed by atoms with Gasteiger partial charge in [0.05, 0.1) is 20.2 Å². The number of nitrogens with zero attached hydrogens (tertiary/aromatic N) is 2. The van der Waals surface area contributed by atoms with Gasteiger partial charge in [0.1, 0.15) is 17.4 Å². The molecule has 0 aliphatic carbocycles. The number of benzene rings is 2. The van der Waals surface area contributed by atoms with E-state index in [0.717, 1.165) is 29.5 Å². The molecular weight excluding hydrogens is 505 g/mol. The summed E-state index contributed by atoms with van der Waals surface area (Å²) in [4.78, 5) is 17.6. The highest BCUT2D eigenvalue weighted by Crippen LogP contribution is 2.12. The van der Waals surface area contributed by atoms with E-state index in [9.17, 15) is 13.6 Å². The maximum Gasteiger partial charge on any atom is 0.241 e. The van der Waals surface area contributed by atoms with Gasteiger partial charge in [-0.25, -0.2) is 13.8 Å². The molecule has 0 atom stereocenters. The zero-order valence-corrected chi connectivity index (χ0v) is 19.6. The number of methoxy groups -OCH3 is 1. The third-order valence-electron chi connectivity index (χ3n) is 4.19. The molecule has 164 valence electrons. The zero-order valence-electron chi connectivity index (χ0n) is 17.2. The van der Waals surface area contributed by atoms with Crippen molar-refractivity contribution >= 4 is 35.8 Å². The number of guanidine groups is 1. The average Bonchev–Trinajstić information content (AvgIpc) is 2.72. The van der Waals surface area contributed by atoms with E-state index in [1.165, 1.54) is 4.90 Å². The van der Waals surface area contributed by atoms with E-state index in [0.29, 0.717) is 18.9 Å². The number of halogens is 3. The van der Waals surface area contributed by atoms with Crippen molar-refractivity contribution in [2.75, 3.05) is 34.3 Å². The van der Waals surface area contributed by atoms with Gasteiger partial charge in [0.2, 0.25) is 5.91 Å². The summed E-state index contributed by atoms with van der Waals surface area (Å²) in [5, 5.41) is 6.04. The molecule has 2 aromatic rings. The minimum Gasteiger partial charge on any atom is -0.497 e. The number of rotatable bonds is 8. The lowest BCUT2D eigenvalue weighted by Crippen LogP contribution is -2.43. The summed E-state index contributed by atoms with van der Waals surface area (Å²) in [6.07, 6.45) is 0.709. The fourth-order valence-electron chi connectivity index (χ4n) is 2.44. The van der Waals surface area contributed by atoms with Gasteiger partial charge in [-0.3, -0.25) is 4.79 Å². The number of hydrogen-bond acceptors (Lipinski definition) is 3. The summed E-state index contributed by atoms with van der Waals surface area (Å²) in [5.74, 6) is -0.0626. The van der Waals surface area contributed by atoms with E-state index in [-0.39, 0.29) is 48.5 Å². The van der Waals surface area contributed by atoms with Crippen LogP contribution < -0.4 is 15.4 Å². The molecule has 2 rings (SSSR count). The standard InChI is InChI=1S/C21H26F2N4O2.HI/c1-27(2)20(28)14-26-21(25-13-16-12-17(22)6-9-19(16)23)24-11-10-15-4-7-18(29-3)8-5-15;/h4-9,12H,10-11,13-14H2,1-3H3,(H2,24,25,26);1H. The Balaban J connectivity index is 0.00000450. The zero-order chi connectivity index (χ0) is 21.2. The first-order valence-electron chi connectivity index (χ1n) is 9.18. The summed E-state index contributed by atoms with van der Waals surface area (Å²) in [5.41, 5.74) is 1.23. The molecule has 6 nitrogen and oxygen atoms in total. The minimum absolute atomic E-state index is 0. The van der Waals surface area contributed by atoms with Crippen molar-refractivity contribution in [1.82, 2.24) is 15.5 Å². The monoisotopic (exact) mass is 532 g/mol. The number of hydrogen-bond donors (Lipinski definition) is 2.